The first-order chi connectivity index (χ1) is 10.7. The number of rotatable bonds is 4. The minimum absolute atomic E-state index is 0.354. The summed E-state index contributed by atoms with van der Waals surface area (Å²) < 4.78 is 17.2. The highest BCUT2D eigenvalue weighted by molar-refractivity contribution is 6.63. The lowest BCUT2D eigenvalue weighted by Gasteiger charge is -2.32. The van der Waals surface area contributed by atoms with E-state index in [1.165, 1.54) is 6.08 Å². The summed E-state index contributed by atoms with van der Waals surface area (Å²) in [4.78, 5) is 11.6. The molecule has 5 heteroatoms. The largest absolute Gasteiger partial charge is 0.495 e. The third kappa shape index (κ3) is 3.85. The summed E-state index contributed by atoms with van der Waals surface area (Å²) in [5, 5.41) is 0. The van der Waals surface area contributed by atoms with Gasteiger partial charge in [-0.25, -0.2) is 4.79 Å². The fourth-order valence-corrected chi connectivity index (χ4v) is 2.37. The van der Waals surface area contributed by atoms with Crippen molar-refractivity contribution >= 4 is 24.6 Å². The average Bonchev–Trinajstić information content (AvgIpc) is 2.66. The topological polar surface area (TPSA) is 44.8 Å². The number of hydrogen-bond acceptors (Lipinski definition) is 4. The second-order valence-corrected chi connectivity index (χ2v) is 6.81. The maximum Gasteiger partial charge on any atom is 0.495 e. The summed E-state index contributed by atoms with van der Waals surface area (Å²) in [6.07, 6.45) is 3.18. The van der Waals surface area contributed by atoms with Crippen LogP contribution in [0.5, 0.6) is 0 Å². The molecule has 0 unspecified atom stereocenters. The van der Waals surface area contributed by atoms with Crippen molar-refractivity contribution < 1.29 is 18.8 Å². The molecule has 0 aliphatic carbocycles. The predicted octanol–water partition coefficient (Wildman–Crippen LogP) is 2.87. The predicted molar refractivity (Wildman–Crippen MR) is 92.6 cm³/mol. The van der Waals surface area contributed by atoms with Gasteiger partial charge in [-0.05, 0) is 58.6 Å². The molecule has 2 rings (SSSR count). The Morgan fingerprint density at radius 1 is 1.22 bits per heavy atom. The van der Waals surface area contributed by atoms with E-state index in [0.29, 0.717) is 6.61 Å². The molecule has 1 aromatic rings. The molecular weight excluding hydrogens is 291 g/mol. The quantitative estimate of drug-likeness (QED) is 0.487. The zero-order chi connectivity index (χ0) is 17.3. The first kappa shape index (κ1) is 17.8. The molecular formula is C18H25BO4. The normalized spacial score (nSPS) is 19.3. The Hall–Kier alpha value is -1.59. The summed E-state index contributed by atoms with van der Waals surface area (Å²) in [5.74, 6) is -0.354. The molecule has 0 spiro atoms. The third-order valence-corrected chi connectivity index (χ3v) is 4.44. The highest BCUT2D eigenvalue weighted by Crippen LogP contribution is 2.36. The van der Waals surface area contributed by atoms with Crippen molar-refractivity contribution in [2.75, 3.05) is 6.61 Å². The van der Waals surface area contributed by atoms with Gasteiger partial charge in [0.05, 0.1) is 17.8 Å². The van der Waals surface area contributed by atoms with Crippen LogP contribution in [0.4, 0.5) is 0 Å². The molecule has 1 aliphatic heterocycles. The second-order valence-electron chi connectivity index (χ2n) is 6.81. The van der Waals surface area contributed by atoms with Gasteiger partial charge in [-0.15, -0.1) is 0 Å². The number of ether oxygens (including phenoxy) is 1. The highest BCUT2D eigenvalue weighted by Gasteiger charge is 2.52. The molecule has 1 heterocycles. The van der Waals surface area contributed by atoms with Crippen LogP contribution >= 0.6 is 0 Å². The molecule has 1 fully saturated rings. The summed E-state index contributed by atoms with van der Waals surface area (Å²) >= 11 is 0. The summed E-state index contributed by atoms with van der Waals surface area (Å²) in [6.45, 7) is 12.3. The molecule has 0 bridgehead atoms. The van der Waals surface area contributed by atoms with Crippen LogP contribution in [0.1, 0.15) is 45.7 Å². The van der Waals surface area contributed by atoms with Crippen LogP contribution in [0.3, 0.4) is 0 Å². The number of carbonyl (C=O) groups is 1. The summed E-state index contributed by atoms with van der Waals surface area (Å²) in [7, 11) is -0.457. The van der Waals surface area contributed by atoms with Gasteiger partial charge in [-0.2, -0.15) is 0 Å². The standard InChI is InChI=1S/C18H25BO4/c1-7-21-16(20)11-10-14-9-8-13(2)12-15(14)19-22-17(3,4)18(5,6)23-19/h8-12H,7H2,1-6H3. The number of esters is 1. The van der Waals surface area contributed by atoms with Crippen molar-refractivity contribution in [1.29, 1.82) is 0 Å². The van der Waals surface area contributed by atoms with Gasteiger partial charge < -0.3 is 14.0 Å². The maximum absolute atomic E-state index is 11.6. The Morgan fingerprint density at radius 3 is 2.39 bits per heavy atom. The van der Waals surface area contributed by atoms with E-state index >= 15 is 0 Å². The Labute approximate surface area is 139 Å². The summed E-state index contributed by atoms with van der Waals surface area (Å²) in [5.41, 5.74) is 2.13. The Kier molecular flexibility index (Phi) is 5.02. The molecule has 0 saturated carbocycles. The van der Waals surface area contributed by atoms with E-state index in [1.54, 1.807) is 13.0 Å². The lowest BCUT2D eigenvalue weighted by molar-refractivity contribution is -0.137. The molecule has 0 amide bonds. The monoisotopic (exact) mass is 316 g/mol. The van der Waals surface area contributed by atoms with Crippen molar-refractivity contribution in [2.45, 2.75) is 52.7 Å². The van der Waals surface area contributed by atoms with Crippen LogP contribution in [0.2, 0.25) is 0 Å². The van der Waals surface area contributed by atoms with Gasteiger partial charge >= 0.3 is 13.1 Å². The SMILES string of the molecule is CCOC(=O)C=Cc1ccc(C)cc1B1OC(C)(C)C(C)(C)O1. The van der Waals surface area contributed by atoms with Gasteiger partial charge in [0.2, 0.25) is 0 Å². The van der Waals surface area contributed by atoms with Crippen LogP contribution in [0.25, 0.3) is 6.08 Å². The number of carbonyl (C=O) groups excluding carboxylic acids is 1. The molecule has 4 nitrogen and oxygen atoms in total. The minimum Gasteiger partial charge on any atom is -0.463 e. The zero-order valence-electron chi connectivity index (χ0n) is 14.8. The van der Waals surface area contributed by atoms with Crippen LogP contribution in [-0.4, -0.2) is 30.9 Å². The van der Waals surface area contributed by atoms with Crippen LogP contribution in [-0.2, 0) is 18.8 Å². The fraction of sp³-hybridized carbons (Fsp3) is 0.500. The van der Waals surface area contributed by atoms with Crippen LogP contribution < -0.4 is 5.46 Å². The Balaban J connectivity index is 2.32. The van der Waals surface area contributed by atoms with Gasteiger partial charge in [-0.3, -0.25) is 0 Å². The van der Waals surface area contributed by atoms with Gasteiger partial charge in [0.15, 0.2) is 0 Å². The molecule has 1 aliphatic rings. The van der Waals surface area contributed by atoms with Gasteiger partial charge in [0.25, 0.3) is 0 Å². The number of hydrogen-bond donors (Lipinski definition) is 0. The lowest BCUT2D eigenvalue weighted by atomic mass is 9.75. The minimum atomic E-state index is -0.457. The number of aryl methyl sites for hydroxylation is 1. The molecule has 0 N–H and O–H groups in total. The van der Waals surface area contributed by atoms with E-state index < -0.39 is 18.3 Å². The van der Waals surface area contributed by atoms with Crippen LogP contribution in [0, 0.1) is 6.92 Å². The smallest absolute Gasteiger partial charge is 0.463 e. The Bertz CT molecular complexity index is 603. The van der Waals surface area contributed by atoms with Gasteiger partial charge in [0.1, 0.15) is 0 Å². The lowest BCUT2D eigenvalue weighted by Crippen LogP contribution is -2.41. The van der Waals surface area contributed by atoms with Crippen molar-refractivity contribution in [3.05, 3.63) is 35.4 Å². The van der Waals surface area contributed by atoms with E-state index in [9.17, 15) is 4.79 Å². The van der Waals surface area contributed by atoms with Crippen molar-refractivity contribution in [3.63, 3.8) is 0 Å². The van der Waals surface area contributed by atoms with E-state index in [-0.39, 0.29) is 5.97 Å². The van der Waals surface area contributed by atoms with Gasteiger partial charge in [-0.1, -0.05) is 23.8 Å². The first-order valence-corrected chi connectivity index (χ1v) is 7.97. The highest BCUT2D eigenvalue weighted by atomic mass is 16.7. The van der Waals surface area contributed by atoms with E-state index in [2.05, 4.69) is 0 Å². The third-order valence-electron chi connectivity index (χ3n) is 4.44. The van der Waals surface area contributed by atoms with Crippen LogP contribution in [0.15, 0.2) is 24.3 Å². The molecule has 1 aromatic carbocycles. The molecule has 0 radical (unpaired) electrons. The first-order valence-electron chi connectivity index (χ1n) is 7.97. The fourth-order valence-electron chi connectivity index (χ4n) is 2.37. The van der Waals surface area contributed by atoms with Crippen molar-refractivity contribution in [1.82, 2.24) is 0 Å². The molecule has 124 valence electrons. The zero-order valence-corrected chi connectivity index (χ0v) is 14.8. The molecule has 23 heavy (non-hydrogen) atoms. The Morgan fingerprint density at radius 2 is 1.83 bits per heavy atom. The second kappa shape index (κ2) is 6.50. The number of benzene rings is 1. The summed E-state index contributed by atoms with van der Waals surface area (Å²) in [6, 6.07) is 6.00. The molecule has 1 saturated heterocycles. The van der Waals surface area contributed by atoms with Gasteiger partial charge in [0, 0.05) is 6.08 Å². The maximum atomic E-state index is 11.6. The molecule has 0 atom stereocenters. The van der Waals surface area contributed by atoms with E-state index in [4.69, 9.17) is 14.0 Å². The van der Waals surface area contributed by atoms with E-state index in [0.717, 1.165) is 16.6 Å². The average molecular weight is 316 g/mol. The molecule has 0 aromatic heterocycles. The van der Waals surface area contributed by atoms with Crippen molar-refractivity contribution in [3.8, 4) is 0 Å². The van der Waals surface area contributed by atoms with Crippen molar-refractivity contribution in [2.24, 2.45) is 0 Å². The van der Waals surface area contributed by atoms with E-state index in [1.807, 2.05) is 52.8 Å².